The molecule has 0 aromatic heterocycles. The maximum absolute atomic E-state index is 10.5. The van der Waals surface area contributed by atoms with E-state index in [0.717, 1.165) is 25.9 Å². The van der Waals surface area contributed by atoms with Gasteiger partial charge in [0.2, 0.25) is 5.91 Å². The van der Waals surface area contributed by atoms with Gasteiger partial charge in [0, 0.05) is 20.0 Å². The lowest BCUT2D eigenvalue weighted by atomic mass is 10.2. The largest absolute Gasteiger partial charge is 0.393 e. The molecule has 0 aliphatic heterocycles. The van der Waals surface area contributed by atoms with Crippen molar-refractivity contribution in [2.75, 3.05) is 19.6 Å². The monoisotopic (exact) mass is 188 g/mol. The molecule has 0 bridgehead atoms. The van der Waals surface area contributed by atoms with E-state index in [0.29, 0.717) is 6.54 Å². The van der Waals surface area contributed by atoms with Crippen LogP contribution in [0.3, 0.4) is 0 Å². The fourth-order valence-electron chi connectivity index (χ4n) is 0.925. The van der Waals surface area contributed by atoms with Crippen LogP contribution in [0.4, 0.5) is 0 Å². The number of carbonyl (C=O) groups excluding carboxylic acids is 1. The number of aliphatic hydroxyl groups is 1. The second-order valence-electron chi connectivity index (χ2n) is 3.08. The first kappa shape index (κ1) is 12.4. The molecule has 0 aromatic carbocycles. The first-order valence-electron chi connectivity index (χ1n) is 4.80. The number of carbonyl (C=O) groups is 1. The van der Waals surface area contributed by atoms with Crippen LogP contribution in [0.5, 0.6) is 0 Å². The number of aliphatic hydroxyl groups excluding tert-OH is 1. The van der Waals surface area contributed by atoms with Gasteiger partial charge in [-0.2, -0.15) is 0 Å². The first-order valence-corrected chi connectivity index (χ1v) is 4.80. The summed E-state index contributed by atoms with van der Waals surface area (Å²) < 4.78 is 0. The molecule has 78 valence electrons. The Morgan fingerprint density at radius 3 is 2.62 bits per heavy atom. The first-order chi connectivity index (χ1) is 6.16. The predicted octanol–water partition coefficient (Wildman–Crippen LogP) is -0.127. The van der Waals surface area contributed by atoms with E-state index in [9.17, 15) is 9.90 Å². The minimum Gasteiger partial charge on any atom is -0.393 e. The summed E-state index contributed by atoms with van der Waals surface area (Å²) in [5.41, 5.74) is 0. The second-order valence-corrected chi connectivity index (χ2v) is 3.08. The summed E-state index contributed by atoms with van der Waals surface area (Å²) in [6, 6.07) is 0. The molecule has 1 atom stereocenters. The van der Waals surface area contributed by atoms with Gasteiger partial charge in [0.25, 0.3) is 0 Å². The van der Waals surface area contributed by atoms with Gasteiger partial charge < -0.3 is 15.7 Å². The highest BCUT2D eigenvalue weighted by Gasteiger charge is 1.98. The number of nitrogens with one attached hydrogen (secondary N) is 2. The predicted molar refractivity (Wildman–Crippen MR) is 52.5 cm³/mol. The van der Waals surface area contributed by atoms with Crippen LogP contribution >= 0.6 is 0 Å². The third-order valence-electron chi connectivity index (χ3n) is 1.80. The van der Waals surface area contributed by atoms with Crippen LogP contribution in [0.2, 0.25) is 0 Å². The van der Waals surface area contributed by atoms with Crippen LogP contribution in [-0.2, 0) is 4.79 Å². The zero-order valence-corrected chi connectivity index (χ0v) is 8.47. The van der Waals surface area contributed by atoms with Gasteiger partial charge >= 0.3 is 0 Å². The number of hydrogen-bond acceptors (Lipinski definition) is 3. The Morgan fingerprint density at radius 1 is 1.38 bits per heavy atom. The van der Waals surface area contributed by atoms with Crippen molar-refractivity contribution in [2.45, 2.75) is 32.8 Å². The molecule has 13 heavy (non-hydrogen) atoms. The highest BCUT2D eigenvalue weighted by molar-refractivity contribution is 5.72. The smallest absolute Gasteiger partial charge is 0.216 e. The van der Waals surface area contributed by atoms with E-state index in [-0.39, 0.29) is 12.0 Å². The molecule has 0 saturated carbocycles. The fourth-order valence-corrected chi connectivity index (χ4v) is 0.925. The molecule has 3 N–H and O–H groups in total. The molecule has 0 aromatic rings. The molecular formula is C9H20N2O2. The molecule has 0 saturated heterocycles. The van der Waals surface area contributed by atoms with Crippen molar-refractivity contribution < 1.29 is 9.90 Å². The van der Waals surface area contributed by atoms with E-state index in [1.165, 1.54) is 6.92 Å². The van der Waals surface area contributed by atoms with Crippen molar-refractivity contribution in [3.8, 4) is 0 Å². The van der Waals surface area contributed by atoms with Gasteiger partial charge in [-0.3, -0.25) is 4.79 Å². The van der Waals surface area contributed by atoms with Crippen molar-refractivity contribution >= 4 is 5.91 Å². The average Bonchev–Trinajstić information content (AvgIpc) is 2.10. The van der Waals surface area contributed by atoms with Gasteiger partial charge in [-0.15, -0.1) is 0 Å². The van der Waals surface area contributed by atoms with Gasteiger partial charge in [0.05, 0.1) is 6.10 Å². The summed E-state index contributed by atoms with van der Waals surface area (Å²) in [4.78, 5) is 10.5. The highest BCUT2D eigenvalue weighted by atomic mass is 16.3. The summed E-state index contributed by atoms with van der Waals surface area (Å²) in [6.07, 6.45) is 1.37. The topological polar surface area (TPSA) is 61.4 Å². The number of amides is 1. The summed E-state index contributed by atoms with van der Waals surface area (Å²) in [5, 5.41) is 15.0. The maximum atomic E-state index is 10.5. The third-order valence-corrected chi connectivity index (χ3v) is 1.80. The lowest BCUT2D eigenvalue weighted by Crippen LogP contribution is -2.31. The van der Waals surface area contributed by atoms with Gasteiger partial charge in [0.1, 0.15) is 0 Å². The summed E-state index contributed by atoms with van der Waals surface area (Å²) in [7, 11) is 0. The van der Waals surface area contributed by atoms with Crippen LogP contribution in [-0.4, -0.2) is 36.8 Å². The van der Waals surface area contributed by atoms with Crippen molar-refractivity contribution in [1.29, 1.82) is 0 Å². The minimum absolute atomic E-state index is 0.00427. The van der Waals surface area contributed by atoms with Crippen molar-refractivity contribution in [1.82, 2.24) is 10.6 Å². The van der Waals surface area contributed by atoms with Crippen LogP contribution < -0.4 is 10.6 Å². The lowest BCUT2D eigenvalue weighted by molar-refractivity contribution is -0.118. The highest BCUT2D eigenvalue weighted by Crippen LogP contribution is 1.93. The average molecular weight is 188 g/mol. The molecular weight excluding hydrogens is 168 g/mol. The molecule has 1 unspecified atom stereocenters. The van der Waals surface area contributed by atoms with Crippen LogP contribution in [0.25, 0.3) is 0 Å². The summed E-state index contributed by atoms with van der Waals surface area (Å²) >= 11 is 0. The van der Waals surface area contributed by atoms with Gasteiger partial charge in [0.15, 0.2) is 0 Å². The zero-order chi connectivity index (χ0) is 10.1. The van der Waals surface area contributed by atoms with Gasteiger partial charge in [-0.25, -0.2) is 0 Å². The Balaban J connectivity index is 3.04. The third kappa shape index (κ3) is 9.30. The van der Waals surface area contributed by atoms with E-state index in [4.69, 9.17) is 0 Å². The number of hydrogen-bond donors (Lipinski definition) is 3. The van der Waals surface area contributed by atoms with E-state index in [1.54, 1.807) is 0 Å². The molecule has 0 aliphatic rings. The molecule has 0 rings (SSSR count). The fraction of sp³-hybridized carbons (Fsp3) is 0.889. The van der Waals surface area contributed by atoms with E-state index in [2.05, 4.69) is 10.6 Å². The van der Waals surface area contributed by atoms with Gasteiger partial charge in [-0.1, -0.05) is 6.92 Å². The SMILES string of the molecule is CCC(O)CCNCCNC(C)=O. The molecule has 0 fully saturated rings. The lowest BCUT2D eigenvalue weighted by Gasteiger charge is -2.08. The quantitative estimate of drug-likeness (QED) is 0.488. The van der Waals surface area contributed by atoms with Crippen LogP contribution in [0, 0.1) is 0 Å². The Kier molecular flexibility index (Phi) is 7.63. The summed E-state index contributed by atoms with van der Waals surface area (Å²) in [6.45, 7) is 5.67. The Bertz CT molecular complexity index is 140. The van der Waals surface area contributed by atoms with Gasteiger partial charge in [-0.05, 0) is 19.4 Å². The van der Waals surface area contributed by atoms with Crippen LogP contribution in [0.1, 0.15) is 26.7 Å². The normalized spacial score (nSPS) is 12.5. The van der Waals surface area contributed by atoms with Crippen molar-refractivity contribution in [3.63, 3.8) is 0 Å². The van der Waals surface area contributed by atoms with E-state index < -0.39 is 0 Å². The standard InChI is InChI=1S/C9H20N2O2/c1-3-9(13)4-5-10-6-7-11-8(2)12/h9-10,13H,3-7H2,1-2H3,(H,11,12). The summed E-state index contributed by atoms with van der Waals surface area (Å²) in [5.74, 6) is -0.00427. The Hall–Kier alpha value is -0.610. The molecule has 4 nitrogen and oxygen atoms in total. The van der Waals surface area contributed by atoms with Crippen molar-refractivity contribution in [3.05, 3.63) is 0 Å². The Labute approximate surface area is 79.7 Å². The van der Waals surface area contributed by atoms with E-state index in [1.807, 2.05) is 6.92 Å². The molecule has 0 radical (unpaired) electrons. The van der Waals surface area contributed by atoms with E-state index >= 15 is 0 Å². The minimum atomic E-state index is -0.201. The number of rotatable bonds is 7. The Morgan fingerprint density at radius 2 is 2.08 bits per heavy atom. The molecule has 4 heteroatoms. The maximum Gasteiger partial charge on any atom is 0.216 e. The molecule has 0 aliphatic carbocycles. The van der Waals surface area contributed by atoms with Crippen molar-refractivity contribution in [2.24, 2.45) is 0 Å². The molecule has 1 amide bonds. The molecule has 0 heterocycles. The molecule has 0 spiro atoms. The second kappa shape index (κ2) is 8.01. The zero-order valence-electron chi connectivity index (χ0n) is 8.47. The van der Waals surface area contributed by atoms with Crippen LogP contribution in [0.15, 0.2) is 0 Å².